The van der Waals surface area contributed by atoms with E-state index in [1.54, 1.807) is 40.9 Å². The van der Waals surface area contributed by atoms with Gasteiger partial charge in [-0.1, -0.05) is 30.3 Å². The summed E-state index contributed by atoms with van der Waals surface area (Å²) in [5.41, 5.74) is 1.61. The van der Waals surface area contributed by atoms with Crippen molar-refractivity contribution in [3.63, 3.8) is 0 Å². The van der Waals surface area contributed by atoms with Crippen LogP contribution in [0, 0.1) is 11.3 Å². The molecule has 3 rings (SSSR count). The summed E-state index contributed by atoms with van der Waals surface area (Å²) in [5, 5.41) is 8.95. The van der Waals surface area contributed by atoms with Crippen LogP contribution in [-0.2, 0) is 22.8 Å². The van der Waals surface area contributed by atoms with Gasteiger partial charge in [-0.05, 0) is 11.6 Å². The molecule has 1 fully saturated rings. The van der Waals surface area contributed by atoms with Gasteiger partial charge in [0.15, 0.2) is 0 Å². The highest BCUT2D eigenvalue weighted by Gasteiger charge is 2.30. The van der Waals surface area contributed by atoms with Crippen molar-refractivity contribution in [2.45, 2.75) is 5.75 Å². The lowest BCUT2D eigenvalue weighted by Gasteiger charge is -2.34. The highest BCUT2D eigenvalue weighted by Crippen LogP contribution is 2.16. The van der Waals surface area contributed by atoms with Crippen LogP contribution < -0.4 is 0 Å². The third-order valence-electron chi connectivity index (χ3n) is 4.46. The molecule has 2 aromatic rings. The molecule has 1 aliphatic heterocycles. The van der Waals surface area contributed by atoms with Gasteiger partial charge in [-0.15, -0.1) is 0 Å². The van der Waals surface area contributed by atoms with Crippen LogP contribution in [-0.4, -0.2) is 54.3 Å². The van der Waals surface area contributed by atoms with E-state index in [1.165, 1.54) is 4.31 Å². The zero-order chi connectivity index (χ0) is 18.7. The fourth-order valence-corrected chi connectivity index (χ4v) is 4.56. The summed E-state index contributed by atoms with van der Waals surface area (Å²) in [4.78, 5) is 14.3. The molecule has 0 aliphatic carbocycles. The van der Waals surface area contributed by atoms with Gasteiger partial charge in [0.05, 0.1) is 11.3 Å². The van der Waals surface area contributed by atoms with Gasteiger partial charge in [-0.2, -0.15) is 9.57 Å². The Morgan fingerprint density at radius 3 is 2.38 bits per heavy atom. The molecule has 2 heterocycles. The van der Waals surface area contributed by atoms with E-state index in [1.807, 2.05) is 24.3 Å². The minimum atomic E-state index is -3.41. The normalized spacial score (nSPS) is 15.6. The molecule has 1 aliphatic rings. The van der Waals surface area contributed by atoms with Crippen LogP contribution >= 0.6 is 0 Å². The van der Waals surface area contributed by atoms with Crippen LogP contribution in [0.3, 0.4) is 0 Å². The second kappa shape index (κ2) is 7.32. The maximum absolute atomic E-state index is 12.6. The van der Waals surface area contributed by atoms with Gasteiger partial charge >= 0.3 is 0 Å². The second-order valence-electron chi connectivity index (χ2n) is 6.27. The van der Waals surface area contributed by atoms with E-state index in [0.717, 1.165) is 5.56 Å². The number of carbonyl (C=O) groups is 1. The highest BCUT2D eigenvalue weighted by molar-refractivity contribution is 7.88. The summed E-state index contributed by atoms with van der Waals surface area (Å²) in [6.45, 7) is 1.21. The number of sulfonamides is 1. The number of rotatable bonds is 4. The molecule has 1 amide bonds. The molecule has 26 heavy (non-hydrogen) atoms. The van der Waals surface area contributed by atoms with Crippen LogP contribution in [0.2, 0.25) is 0 Å². The number of hydrogen-bond acceptors (Lipinski definition) is 4. The van der Waals surface area contributed by atoms with Gasteiger partial charge in [0, 0.05) is 39.4 Å². The third-order valence-corrected chi connectivity index (χ3v) is 6.31. The number of nitriles is 1. The molecular formula is C18H20N4O3S. The van der Waals surface area contributed by atoms with Crippen LogP contribution in [0.1, 0.15) is 21.6 Å². The molecule has 0 N–H and O–H groups in total. The number of carbonyl (C=O) groups excluding carboxylic acids is 1. The molecular weight excluding hydrogens is 352 g/mol. The number of aromatic nitrogens is 1. The van der Waals surface area contributed by atoms with Crippen LogP contribution in [0.5, 0.6) is 0 Å². The Kier molecular flexibility index (Phi) is 5.11. The molecule has 0 unspecified atom stereocenters. The van der Waals surface area contributed by atoms with Gasteiger partial charge in [-0.3, -0.25) is 4.79 Å². The Labute approximate surface area is 153 Å². The molecule has 136 valence electrons. The van der Waals surface area contributed by atoms with Gasteiger partial charge in [-0.25, -0.2) is 8.42 Å². The largest absolute Gasteiger partial charge is 0.345 e. The number of aryl methyl sites for hydroxylation is 1. The minimum absolute atomic E-state index is 0.0366. The topological polar surface area (TPSA) is 86.4 Å². The molecule has 7 nitrogen and oxygen atoms in total. The molecule has 0 radical (unpaired) electrons. The first-order valence-electron chi connectivity index (χ1n) is 8.28. The lowest BCUT2D eigenvalue weighted by Crippen LogP contribution is -2.51. The quantitative estimate of drug-likeness (QED) is 0.807. The van der Waals surface area contributed by atoms with E-state index in [2.05, 4.69) is 0 Å². The number of piperazine rings is 1. The molecule has 0 spiro atoms. The van der Waals surface area contributed by atoms with E-state index < -0.39 is 10.0 Å². The van der Waals surface area contributed by atoms with E-state index in [9.17, 15) is 13.2 Å². The van der Waals surface area contributed by atoms with Crippen molar-refractivity contribution >= 4 is 15.9 Å². The van der Waals surface area contributed by atoms with Crippen molar-refractivity contribution in [3.8, 4) is 6.07 Å². The van der Waals surface area contributed by atoms with E-state index in [-0.39, 0.29) is 24.7 Å². The standard InChI is InChI=1S/C18H20N4O3S/c1-20-13-16(12-19)11-17(20)18(23)21-7-9-22(10-8-21)26(24,25)14-15-5-3-2-4-6-15/h2-6,11,13H,7-10,14H2,1H3. The smallest absolute Gasteiger partial charge is 0.270 e. The Morgan fingerprint density at radius 1 is 1.15 bits per heavy atom. The maximum atomic E-state index is 12.6. The Morgan fingerprint density at radius 2 is 1.81 bits per heavy atom. The number of hydrogen-bond donors (Lipinski definition) is 0. The van der Waals surface area contributed by atoms with Crippen molar-refractivity contribution < 1.29 is 13.2 Å². The lowest BCUT2D eigenvalue weighted by atomic mass is 10.2. The molecule has 0 saturated carbocycles. The predicted octanol–water partition coefficient (Wildman–Crippen LogP) is 1.18. The zero-order valence-electron chi connectivity index (χ0n) is 14.5. The average molecular weight is 372 g/mol. The van der Waals surface area contributed by atoms with Gasteiger partial charge < -0.3 is 9.47 Å². The van der Waals surface area contributed by atoms with Crippen LogP contribution in [0.25, 0.3) is 0 Å². The molecule has 1 saturated heterocycles. The molecule has 1 aromatic heterocycles. The van der Waals surface area contributed by atoms with Crippen molar-refractivity contribution in [3.05, 3.63) is 59.4 Å². The number of benzene rings is 1. The molecule has 1 aromatic carbocycles. The molecule has 0 atom stereocenters. The lowest BCUT2D eigenvalue weighted by molar-refractivity contribution is 0.0688. The summed E-state index contributed by atoms with van der Waals surface area (Å²) in [5.74, 6) is -0.223. The Hall–Kier alpha value is -2.63. The van der Waals surface area contributed by atoms with Crippen molar-refractivity contribution in [2.75, 3.05) is 26.2 Å². The summed E-state index contributed by atoms with van der Waals surface area (Å²) in [6.07, 6.45) is 1.60. The maximum Gasteiger partial charge on any atom is 0.270 e. The highest BCUT2D eigenvalue weighted by atomic mass is 32.2. The summed E-state index contributed by atoms with van der Waals surface area (Å²) in [7, 11) is -1.69. The monoisotopic (exact) mass is 372 g/mol. The van der Waals surface area contributed by atoms with Crippen LogP contribution in [0.15, 0.2) is 42.6 Å². The summed E-state index contributed by atoms with van der Waals surface area (Å²) < 4.78 is 28.2. The average Bonchev–Trinajstić information content (AvgIpc) is 3.02. The SMILES string of the molecule is Cn1cc(C#N)cc1C(=O)N1CCN(S(=O)(=O)Cc2ccccc2)CC1. The fraction of sp³-hybridized carbons (Fsp3) is 0.333. The summed E-state index contributed by atoms with van der Waals surface area (Å²) in [6, 6.07) is 12.6. The van der Waals surface area contributed by atoms with Gasteiger partial charge in [0.2, 0.25) is 10.0 Å². The van der Waals surface area contributed by atoms with Gasteiger partial charge in [0.25, 0.3) is 5.91 Å². The zero-order valence-corrected chi connectivity index (χ0v) is 15.3. The van der Waals surface area contributed by atoms with E-state index >= 15 is 0 Å². The number of nitrogens with zero attached hydrogens (tertiary/aromatic N) is 4. The molecule has 0 bridgehead atoms. The van der Waals surface area contributed by atoms with Crippen molar-refractivity contribution in [1.82, 2.24) is 13.8 Å². The van der Waals surface area contributed by atoms with E-state index in [0.29, 0.717) is 24.3 Å². The fourth-order valence-electron chi connectivity index (χ4n) is 3.05. The predicted molar refractivity (Wildman–Crippen MR) is 96.7 cm³/mol. The van der Waals surface area contributed by atoms with Crippen molar-refractivity contribution in [2.24, 2.45) is 7.05 Å². The first-order valence-corrected chi connectivity index (χ1v) is 9.89. The van der Waals surface area contributed by atoms with Crippen LogP contribution in [0.4, 0.5) is 0 Å². The van der Waals surface area contributed by atoms with E-state index in [4.69, 9.17) is 5.26 Å². The first-order chi connectivity index (χ1) is 12.4. The summed E-state index contributed by atoms with van der Waals surface area (Å²) >= 11 is 0. The first kappa shape index (κ1) is 18.2. The minimum Gasteiger partial charge on any atom is -0.345 e. The number of amides is 1. The third kappa shape index (κ3) is 3.79. The Bertz CT molecular complexity index is 937. The van der Waals surface area contributed by atoms with Gasteiger partial charge in [0.1, 0.15) is 11.8 Å². The molecule has 8 heteroatoms. The second-order valence-corrected chi connectivity index (χ2v) is 8.24. The van der Waals surface area contributed by atoms with Crippen molar-refractivity contribution in [1.29, 1.82) is 5.26 Å². The Balaban J connectivity index is 1.64.